The van der Waals surface area contributed by atoms with Gasteiger partial charge in [0.15, 0.2) is 0 Å². The van der Waals surface area contributed by atoms with E-state index in [1.54, 1.807) is 13.8 Å². The summed E-state index contributed by atoms with van der Waals surface area (Å²) < 4.78 is 11.5. The van der Waals surface area contributed by atoms with E-state index in [-0.39, 0.29) is 6.61 Å². The second-order valence-electron chi connectivity index (χ2n) is 6.86. The number of esters is 1. The molecule has 32 heavy (non-hydrogen) atoms. The second-order valence-corrected chi connectivity index (χ2v) is 8.66. The van der Waals surface area contributed by atoms with E-state index in [2.05, 4.69) is 26.4 Å². The molecular formula is C24H19BrN2O4S. The number of rotatable bonds is 6. The highest BCUT2D eigenvalue weighted by atomic mass is 79.9. The lowest BCUT2D eigenvalue weighted by Crippen LogP contribution is -2.16. The number of nitrogens with zero attached hydrogens (tertiary/aromatic N) is 1. The van der Waals surface area contributed by atoms with Crippen LogP contribution in [0.15, 0.2) is 69.0 Å². The summed E-state index contributed by atoms with van der Waals surface area (Å²) in [5.74, 6) is -0.506. The predicted octanol–water partition coefficient (Wildman–Crippen LogP) is 6.57. The summed E-state index contributed by atoms with van der Waals surface area (Å²) in [6.45, 7) is 3.65. The highest BCUT2D eigenvalue weighted by molar-refractivity contribution is 9.10. The number of hydrogen-bond donors (Lipinski definition) is 1. The molecule has 0 bridgehead atoms. The molecule has 0 fully saturated rings. The van der Waals surface area contributed by atoms with Crippen LogP contribution < -0.4 is 5.32 Å². The standard InChI is InChI=1S/C24H19BrN2O4S/c1-3-30-24(29)20-18(15-9-11-17(25)12-10-15)13-32-23(20)26-22(28)19-14(2)31-27-21(19)16-7-5-4-6-8-16/h4-13H,3H2,1-2H3,(H,26,28). The number of benzene rings is 2. The van der Waals surface area contributed by atoms with Gasteiger partial charge in [-0.2, -0.15) is 0 Å². The van der Waals surface area contributed by atoms with Gasteiger partial charge in [0.25, 0.3) is 5.91 Å². The number of aromatic nitrogens is 1. The molecule has 2 aromatic carbocycles. The van der Waals surface area contributed by atoms with Crippen LogP contribution in [0.25, 0.3) is 22.4 Å². The summed E-state index contributed by atoms with van der Waals surface area (Å²) in [7, 11) is 0. The Balaban J connectivity index is 1.72. The van der Waals surface area contributed by atoms with Crippen molar-refractivity contribution in [2.45, 2.75) is 13.8 Å². The van der Waals surface area contributed by atoms with Crippen LogP contribution in [0.2, 0.25) is 0 Å². The average Bonchev–Trinajstić information content (AvgIpc) is 3.38. The molecule has 4 rings (SSSR count). The number of aryl methyl sites for hydroxylation is 1. The average molecular weight is 511 g/mol. The summed E-state index contributed by atoms with van der Waals surface area (Å²) >= 11 is 4.69. The number of halogens is 1. The van der Waals surface area contributed by atoms with Crippen LogP contribution in [-0.4, -0.2) is 23.6 Å². The minimum atomic E-state index is -0.493. The van der Waals surface area contributed by atoms with Gasteiger partial charge in [-0.15, -0.1) is 11.3 Å². The van der Waals surface area contributed by atoms with E-state index in [0.717, 1.165) is 15.6 Å². The van der Waals surface area contributed by atoms with Crippen molar-refractivity contribution in [2.75, 3.05) is 11.9 Å². The summed E-state index contributed by atoms with van der Waals surface area (Å²) in [6, 6.07) is 16.9. The number of amides is 1. The molecule has 0 aliphatic rings. The number of carbonyl (C=O) groups excluding carboxylic acids is 2. The van der Waals surface area contributed by atoms with Gasteiger partial charge in [-0.05, 0) is 31.5 Å². The van der Waals surface area contributed by atoms with Crippen LogP contribution in [-0.2, 0) is 4.74 Å². The Kier molecular flexibility index (Phi) is 6.53. The van der Waals surface area contributed by atoms with Crippen molar-refractivity contribution in [3.8, 4) is 22.4 Å². The van der Waals surface area contributed by atoms with E-state index in [4.69, 9.17) is 9.26 Å². The molecule has 6 nitrogen and oxygen atoms in total. The van der Waals surface area contributed by atoms with E-state index in [1.165, 1.54) is 11.3 Å². The SMILES string of the molecule is CCOC(=O)c1c(-c2ccc(Br)cc2)csc1NC(=O)c1c(-c2ccccc2)noc1C. The first-order chi connectivity index (χ1) is 15.5. The quantitative estimate of drug-likeness (QED) is 0.296. The maximum absolute atomic E-state index is 13.3. The lowest BCUT2D eigenvalue weighted by atomic mass is 10.0. The molecule has 0 radical (unpaired) electrons. The highest BCUT2D eigenvalue weighted by Crippen LogP contribution is 2.37. The van der Waals surface area contributed by atoms with Gasteiger partial charge in [0.2, 0.25) is 0 Å². The Labute approximate surface area is 197 Å². The third-order valence-corrected chi connectivity index (χ3v) is 6.21. The van der Waals surface area contributed by atoms with Crippen LogP contribution in [0.1, 0.15) is 33.4 Å². The number of hydrogen-bond acceptors (Lipinski definition) is 6. The second kappa shape index (κ2) is 9.50. The largest absolute Gasteiger partial charge is 0.462 e. The number of nitrogens with one attached hydrogen (secondary N) is 1. The van der Waals surface area contributed by atoms with Crippen LogP contribution >= 0.6 is 27.3 Å². The molecule has 0 saturated carbocycles. The maximum atomic E-state index is 13.3. The van der Waals surface area contributed by atoms with Gasteiger partial charge < -0.3 is 14.6 Å². The van der Waals surface area contributed by atoms with Gasteiger partial charge in [0.05, 0.1) is 6.61 Å². The molecule has 1 amide bonds. The van der Waals surface area contributed by atoms with E-state index >= 15 is 0 Å². The topological polar surface area (TPSA) is 81.4 Å². The van der Waals surface area contributed by atoms with E-state index in [9.17, 15) is 9.59 Å². The van der Waals surface area contributed by atoms with Crippen molar-refractivity contribution in [3.63, 3.8) is 0 Å². The predicted molar refractivity (Wildman–Crippen MR) is 128 cm³/mol. The van der Waals surface area contributed by atoms with Crippen molar-refractivity contribution in [1.29, 1.82) is 0 Å². The van der Waals surface area contributed by atoms with Crippen LogP contribution in [0, 0.1) is 6.92 Å². The maximum Gasteiger partial charge on any atom is 0.341 e. The van der Waals surface area contributed by atoms with Gasteiger partial charge in [0.1, 0.15) is 27.6 Å². The van der Waals surface area contributed by atoms with Crippen LogP contribution in [0.5, 0.6) is 0 Å². The molecule has 1 N–H and O–H groups in total. The third-order valence-electron chi connectivity index (χ3n) is 4.79. The monoisotopic (exact) mass is 510 g/mol. The number of thiophene rings is 1. The van der Waals surface area contributed by atoms with E-state index in [0.29, 0.717) is 33.1 Å². The molecule has 8 heteroatoms. The lowest BCUT2D eigenvalue weighted by molar-refractivity contribution is 0.0529. The van der Waals surface area contributed by atoms with E-state index < -0.39 is 11.9 Å². The minimum absolute atomic E-state index is 0.227. The van der Waals surface area contributed by atoms with Crippen LogP contribution in [0.4, 0.5) is 5.00 Å². The fraction of sp³-hybridized carbons (Fsp3) is 0.125. The van der Waals surface area contributed by atoms with Crippen molar-refractivity contribution < 1.29 is 18.8 Å². The smallest absolute Gasteiger partial charge is 0.341 e. The van der Waals surface area contributed by atoms with Crippen molar-refractivity contribution >= 4 is 44.1 Å². The zero-order valence-corrected chi connectivity index (χ0v) is 19.7. The number of anilines is 1. The molecule has 0 aliphatic heterocycles. The first-order valence-corrected chi connectivity index (χ1v) is 11.5. The molecule has 0 unspecified atom stereocenters. The fourth-order valence-electron chi connectivity index (χ4n) is 3.30. The van der Waals surface area contributed by atoms with Crippen molar-refractivity contribution in [1.82, 2.24) is 5.16 Å². The summed E-state index contributed by atoms with van der Waals surface area (Å²) in [5, 5.41) is 9.19. The van der Waals surface area contributed by atoms with Gasteiger partial charge in [-0.1, -0.05) is 63.6 Å². The number of ether oxygens (including phenoxy) is 1. The summed E-state index contributed by atoms with van der Waals surface area (Å²) in [5.41, 5.74) is 3.40. The molecule has 0 spiro atoms. The Morgan fingerprint density at radius 3 is 2.47 bits per heavy atom. The molecule has 2 heterocycles. The van der Waals surface area contributed by atoms with Crippen molar-refractivity contribution in [2.24, 2.45) is 0 Å². The molecule has 162 valence electrons. The minimum Gasteiger partial charge on any atom is -0.462 e. The normalized spacial score (nSPS) is 10.7. The first-order valence-electron chi connectivity index (χ1n) is 9.87. The summed E-state index contributed by atoms with van der Waals surface area (Å²) in [6.07, 6.45) is 0. The lowest BCUT2D eigenvalue weighted by Gasteiger charge is -2.09. The Morgan fingerprint density at radius 2 is 1.78 bits per heavy atom. The Bertz CT molecular complexity index is 1260. The van der Waals surface area contributed by atoms with Gasteiger partial charge in [-0.25, -0.2) is 4.79 Å². The Hall–Kier alpha value is -3.23. The van der Waals surface area contributed by atoms with Gasteiger partial charge >= 0.3 is 5.97 Å². The molecular weight excluding hydrogens is 492 g/mol. The Morgan fingerprint density at radius 1 is 1.06 bits per heavy atom. The highest BCUT2D eigenvalue weighted by Gasteiger charge is 2.26. The zero-order valence-electron chi connectivity index (χ0n) is 17.3. The molecule has 4 aromatic rings. The third kappa shape index (κ3) is 4.37. The van der Waals surface area contributed by atoms with Gasteiger partial charge in [-0.3, -0.25) is 4.79 Å². The number of carbonyl (C=O) groups is 2. The van der Waals surface area contributed by atoms with Gasteiger partial charge in [0, 0.05) is 21.0 Å². The molecule has 0 aliphatic carbocycles. The van der Waals surface area contributed by atoms with Crippen LogP contribution in [0.3, 0.4) is 0 Å². The fourth-order valence-corrected chi connectivity index (χ4v) is 4.51. The van der Waals surface area contributed by atoms with E-state index in [1.807, 2.05) is 60.0 Å². The first kappa shape index (κ1) is 22.0. The molecule has 0 atom stereocenters. The zero-order chi connectivity index (χ0) is 22.7. The summed E-state index contributed by atoms with van der Waals surface area (Å²) in [4.78, 5) is 26.1. The molecule has 0 saturated heterocycles. The van der Waals surface area contributed by atoms with Crippen molar-refractivity contribution in [3.05, 3.63) is 81.3 Å². The molecule has 2 aromatic heterocycles.